The minimum absolute atomic E-state index is 0.00954. The maximum Gasteiger partial charge on any atom is 0.331 e. The molecule has 70 valence electrons. The van der Waals surface area contributed by atoms with Gasteiger partial charge in [0, 0.05) is 19.1 Å². The van der Waals surface area contributed by atoms with Gasteiger partial charge in [0.15, 0.2) is 0 Å². The molecule has 12 heavy (non-hydrogen) atoms. The topological polar surface area (TPSA) is 44.4 Å². The molecule has 0 aliphatic carbocycles. The number of urea groups is 1. The van der Waals surface area contributed by atoms with Gasteiger partial charge in [0.05, 0.1) is 0 Å². The van der Waals surface area contributed by atoms with Crippen molar-refractivity contribution >= 4 is 6.03 Å². The number of hydrogen-bond acceptors (Lipinski definition) is 2. The smallest absolute Gasteiger partial charge is 0.331 e. The highest BCUT2D eigenvalue weighted by atomic mass is 16.2. The Morgan fingerprint density at radius 2 is 2.25 bits per heavy atom. The molecule has 0 bridgehead atoms. The van der Waals surface area contributed by atoms with Gasteiger partial charge in [0.25, 0.3) is 0 Å². The summed E-state index contributed by atoms with van der Waals surface area (Å²) in [7, 11) is 0. The molecule has 4 nitrogen and oxygen atoms in total. The lowest BCUT2D eigenvalue weighted by Gasteiger charge is -2.28. The van der Waals surface area contributed by atoms with Crippen molar-refractivity contribution in [2.75, 3.05) is 13.1 Å². The molecule has 0 atom stereocenters. The normalized spacial score (nSPS) is 18.1. The number of nitrogens with one attached hydrogen (secondary N) is 2. The zero-order chi connectivity index (χ0) is 8.97. The summed E-state index contributed by atoms with van der Waals surface area (Å²) in [6, 6.07) is 0.200. The van der Waals surface area contributed by atoms with E-state index in [2.05, 4.69) is 10.7 Å². The monoisotopic (exact) mass is 171 g/mol. The lowest BCUT2D eigenvalue weighted by molar-refractivity contribution is 0.152. The Morgan fingerprint density at radius 3 is 2.75 bits per heavy atom. The standard InChI is InChI=1S/C8H17N3O/c1-7(2)10-8(12)11-6-4-3-5-9-11/h7,9H,3-6H2,1-2H3,(H,10,12). The van der Waals surface area contributed by atoms with Crippen LogP contribution in [-0.2, 0) is 0 Å². The highest BCUT2D eigenvalue weighted by molar-refractivity contribution is 5.73. The molecule has 0 spiro atoms. The molecular formula is C8H17N3O. The van der Waals surface area contributed by atoms with Crippen molar-refractivity contribution in [1.29, 1.82) is 0 Å². The lowest BCUT2D eigenvalue weighted by atomic mass is 10.3. The largest absolute Gasteiger partial charge is 0.335 e. The third kappa shape index (κ3) is 2.70. The van der Waals surface area contributed by atoms with Gasteiger partial charge >= 0.3 is 6.03 Å². The molecule has 1 rings (SSSR count). The van der Waals surface area contributed by atoms with Crippen LogP contribution in [0.4, 0.5) is 4.79 Å². The van der Waals surface area contributed by atoms with Crippen LogP contribution in [0.15, 0.2) is 0 Å². The van der Waals surface area contributed by atoms with Gasteiger partial charge in [-0.3, -0.25) is 5.01 Å². The number of carbonyl (C=O) groups excluding carboxylic acids is 1. The molecule has 0 saturated carbocycles. The van der Waals surface area contributed by atoms with Crippen LogP contribution in [0.25, 0.3) is 0 Å². The second-order valence-electron chi connectivity index (χ2n) is 3.37. The van der Waals surface area contributed by atoms with Crippen LogP contribution in [0.2, 0.25) is 0 Å². The molecule has 0 unspecified atom stereocenters. The second kappa shape index (κ2) is 4.30. The van der Waals surface area contributed by atoms with E-state index in [1.54, 1.807) is 5.01 Å². The Hall–Kier alpha value is -0.770. The van der Waals surface area contributed by atoms with Crippen molar-refractivity contribution in [2.45, 2.75) is 32.7 Å². The molecule has 1 saturated heterocycles. The van der Waals surface area contributed by atoms with Crippen molar-refractivity contribution in [3.05, 3.63) is 0 Å². The minimum Gasteiger partial charge on any atom is -0.335 e. The van der Waals surface area contributed by atoms with Crippen molar-refractivity contribution in [3.8, 4) is 0 Å². The molecule has 0 radical (unpaired) electrons. The van der Waals surface area contributed by atoms with Gasteiger partial charge in [0.2, 0.25) is 0 Å². The summed E-state index contributed by atoms with van der Waals surface area (Å²) < 4.78 is 0. The fourth-order valence-electron chi connectivity index (χ4n) is 1.19. The van der Waals surface area contributed by atoms with E-state index in [-0.39, 0.29) is 12.1 Å². The van der Waals surface area contributed by atoms with Crippen LogP contribution < -0.4 is 10.7 Å². The van der Waals surface area contributed by atoms with E-state index in [1.165, 1.54) is 0 Å². The first kappa shape index (κ1) is 9.32. The highest BCUT2D eigenvalue weighted by Crippen LogP contribution is 1.99. The van der Waals surface area contributed by atoms with E-state index in [4.69, 9.17) is 0 Å². The maximum atomic E-state index is 11.4. The van der Waals surface area contributed by atoms with E-state index in [9.17, 15) is 4.79 Å². The SMILES string of the molecule is CC(C)NC(=O)N1CCCCN1. The Labute approximate surface area is 73.3 Å². The Balaban J connectivity index is 2.30. The molecule has 1 fully saturated rings. The molecule has 0 aromatic rings. The number of nitrogens with zero attached hydrogens (tertiary/aromatic N) is 1. The Kier molecular flexibility index (Phi) is 3.34. The van der Waals surface area contributed by atoms with Gasteiger partial charge in [-0.1, -0.05) is 0 Å². The third-order valence-electron chi connectivity index (χ3n) is 1.77. The van der Waals surface area contributed by atoms with Gasteiger partial charge < -0.3 is 5.32 Å². The zero-order valence-corrected chi connectivity index (χ0v) is 7.76. The molecule has 2 amide bonds. The summed E-state index contributed by atoms with van der Waals surface area (Å²) in [4.78, 5) is 11.4. The van der Waals surface area contributed by atoms with E-state index in [0.29, 0.717) is 0 Å². The lowest BCUT2D eigenvalue weighted by Crippen LogP contribution is -2.52. The first-order chi connectivity index (χ1) is 5.70. The maximum absolute atomic E-state index is 11.4. The predicted octanol–water partition coefficient (Wildman–Crippen LogP) is 0.705. The van der Waals surface area contributed by atoms with Gasteiger partial charge in [-0.05, 0) is 26.7 Å². The first-order valence-corrected chi connectivity index (χ1v) is 4.51. The van der Waals surface area contributed by atoms with Crippen LogP contribution in [0.1, 0.15) is 26.7 Å². The average Bonchev–Trinajstić information content (AvgIpc) is 2.05. The Bertz CT molecular complexity index is 152. The molecule has 1 aliphatic rings. The highest BCUT2D eigenvalue weighted by Gasteiger charge is 2.15. The second-order valence-corrected chi connectivity index (χ2v) is 3.37. The number of rotatable bonds is 1. The number of amides is 2. The zero-order valence-electron chi connectivity index (χ0n) is 7.76. The molecular weight excluding hydrogens is 154 g/mol. The summed E-state index contributed by atoms with van der Waals surface area (Å²) in [6.45, 7) is 5.65. The first-order valence-electron chi connectivity index (χ1n) is 4.51. The van der Waals surface area contributed by atoms with Gasteiger partial charge in [-0.25, -0.2) is 10.2 Å². The van der Waals surface area contributed by atoms with E-state index < -0.39 is 0 Å². The summed E-state index contributed by atoms with van der Waals surface area (Å²) >= 11 is 0. The fraction of sp³-hybridized carbons (Fsp3) is 0.875. The number of hydrazine groups is 1. The fourth-order valence-corrected chi connectivity index (χ4v) is 1.19. The predicted molar refractivity (Wildman–Crippen MR) is 47.6 cm³/mol. The van der Waals surface area contributed by atoms with E-state index in [1.807, 2.05) is 13.8 Å². The molecule has 0 aromatic heterocycles. The summed E-state index contributed by atoms with van der Waals surface area (Å²) in [5.74, 6) is 0. The Morgan fingerprint density at radius 1 is 1.50 bits per heavy atom. The number of hydrogen-bond donors (Lipinski definition) is 2. The minimum atomic E-state index is -0.00954. The average molecular weight is 171 g/mol. The van der Waals surface area contributed by atoms with Gasteiger partial charge in [0.1, 0.15) is 0 Å². The van der Waals surface area contributed by atoms with Gasteiger partial charge in [-0.15, -0.1) is 0 Å². The van der Waals surface area contributed by atoms with Crippen LogP contribution in [0.3, 0.4) is 0 Å². The summed E-state index contributed by atoms with van der Waals surface area (Å²) in [5.41, 5.74) is 3.05. The van der Waals surface area contributed by atoms with Crippen molar-refractivity contribution in [3.63, 3.8) is 0 Å². The van der Waals surface area contributed by atoms with Crippen LogP contribution in [-0.4, -0.2) is 30.2 Å². The molecule has 1 heterocycles. The van der Waals surface area contributed by atoms with Crippen LogP contribution >= 0.6 is 0 Å². The molecule has 0 aromatic carbocycles. The summed E-state index contributed by atoms with van der Waals surface area (Å²) in [6.07, 6.45) is 2.25. The van der Waals surface area contributed by atoms with Gasteiger partial charge in [-0.2, -0.15) is 0 Å². The molecule has 2 N–H and O–H groups in total. The number of carbonyl (C=O) groups is 1. The molecule has 4 heteroatoms. The summed E-state index contributed by atoms with van der Waals surface area (Å²) in [5, 5.41) is 4.49. The van der Waals surface area contributed by atoms with Crippen molar-refractivity contribution < 1.29 is 4.79 Å². The van der Waals surface area contributed by atoms with Crippen LogP contribution in [0, 0.1) is 0 Å². The molecule has 1 aliphatic heterocycles. The van der Waals surface area contributed by atoms with E-state index >= 15 is 0 Å². The van der Waals surface area contributed by atoms with E-state index in [0.717, 1.165) is 25.9 Å². The quantitative estimate of drug-likeness (QED) is 0.610. The van der Waals surface area contributed by atoms with Crippen LogP contribution in [0.5, 0.6) is 0 Å². The van der Waals surface area contributed by atoms with Crippen molar-refractivity contribution in [2.24, 2.45) is 0 Å². The van der Waals surface area contributed by atoms with Crippen molar-refractivity contribution in [1.82, 2.24) is 15.8 Å². The third-order valence-corrected chi connectivity index (χ3v) is 1.77.